The van der Waals surface area contributed by atoms with Gasteiger partial charge in [0.1, 0.15) is 4.90 Å². The Morgan fingerprint density at radius 2 is 1.77 bits per heavy atom. The number of pyridine rings is 1. The summed E-state index contributed by atoms with van der Waals surface area (Å²) in [7, 11) is -7.83. The van der Waals surface area contributed by atoms with E-state index in [9.17, 15) is 16.8 Å². The Morgan fingerprint density at radius 1 is 1.03 bits per heavy atom. The van der Waals surface area contributed by atoms with Gasteiger partial charge < -0.3 is 4.74 Å². The van der Waals surface area contributed by atoms with Gasteiger partial charge in [-0.2, -0.15) is 12.7 Å². The van der Waals surface area contributed by atoms with Crippen LogP contribution in [0.2, 0.25) is 0 Å². The van der Waals surface area contributed by atoms with E-state index in [-0.39, 0.29) is 24.7 Å². The molecule has 2 aromatic carbocycles. The van der Waals surface area contributed by atoms with Gasteiger partial charge in [0.2, 0.25) is 10.0 Å². The second-order valence-electron chi connectivity index (χ2n) is 7.31. The highest BCUT2D eigenvalue weighted by molar-refractivity contribution is 7.89. The smallest absolute Gasteiger partial charge is 0.264 e. The zero-order valence-electron chi connectivity index (χ0n) is 16.8. The average Bonchev–Trinajstić information content (AvgIpc) is 2.72. The first kappa shape index (κ1) is 21.8. The predicted molar refractivity (Wildman–Crippen MR) is 115 cm³/mol. The average molecular weight is 463 g/mol. The number of benzene rings is 2. The molecule has 0 N–H and O–H groups in total. The second kappa shape index (κ2) is 8.64. The molecule has 0 fully saturated rings. The van der Waals surface area contributed by atoms with Crippen molar-refractivity contribution in [3.8, 4) is 0 Å². The van der Waals surface area contributed by atoms with Crippen LogP contribution in [0.15, 0.2) is 65.7 Å². The Morgan fingerprint density at radius 3 is 2.55 bits per heavy atom. The van der Waals surface area contributed by atoms with E-state index >= 15 is 0 Å². The van der Waals surface area contributed by atoms with Gasteiger partial charge in [0, 0.05) is 18.1 Å². The van der Waals surface area contributed by atoms with Crippen molar-refractivity contribution in [3.05, 3.63) is 71.9 Å². The highest BCUT2D eigenvalue weighted by Crippen LogP contribution is 2.29. The van der Waals surface area contributed by atoms with Crippen LogP contribution in [0, 0.1) is 0 Å². The summed E-state index contributed by atoms with van der Waals surface area (Å²) < 4.78 is 62.8. The van der Waals surface area contributed by atoms with Crippen molar-refractivity contribution in [2.24, 2.45) is 0 Å². The number of hydrogen-bond donors (Lipinski definition) is 0. The molecule has 1 unspecified atom stereocenters. The number of aromatic nitrogens is 1. The van der Waals surface area contributed by atoms with E-state index in [2.05, 4.69) is 4.98 Å². The molecule has 1 aliphatic rings. The first-order valence-electron chi connectivity index (χ1n) is 9.60. The predicted octanol–water partition coefficient (Wildman–Crippen LogP) is 2.30. The van der Waals surface area contributed by atoms with Crippen molar-refractivity contribution in [3.63, 3.8) is 0 Å². The molecule has 1 aliphatic heterocycles. The van der Waals surface area contributed by atoms with Gasteiger partial charge in [0.25, 0.3) is 10.1 Å². The van der Waals surface area contributed by atoms with Gasteiger partial charge in [-0.05, 0) is 23.3 Å². The minimum absolute atomic E-state index is 0.0126. The summed E-state index contributed by atoms with van der Waals surface area (Å²) in [5, 5.41) is 0.691. The maximum absolute atomic E-state index is 13.8. The van der Waals surface area contributed by atoms with Crippen LogP contribution in [0.1, 0.15) is 11.1 Å². The number of rotatable bonds is 5. The fourth-order valence-corrected chi connectivity index (χ4v) is 5.71. The molecule has 0 saturated carbocycles. The van der Waals surface area contributed by atoms with E-state index in [1.54, 1.807) is 24.3 Å². The molecule has 0 spiro atoms. The first-order chi connectivity index (χ1) is 14.8. The molecule has 0 radical (unpaired) electrons. The third-order valence-electron chi connectivity index (χ3n) is 5.08. The van der Waals surface area contributed by atoms with Crippen molar-refractivity contribution in [1.82, 2.24) is 9.29 Å². The normalized spacial score (nSPS) is 18.3. The molecule has 1 atom stereocenters. The highest BCUT2D eigenvalue weighted by Gasteiger charge is 2.35. The van der Waals surface area contributed by atoms with Crippen molar-refractivity contribution in [2.45, 2.75) is 24.1 Å². The molecule has 3 aromatic rings. The fourth-order valence-electron chi connectivity index (χ4n) is 3.56. The fraction of sp³-hybridized carbons (Fsp3) is 0.286. The van der Waals surface area contributed by atoms with E-state index < -0.39 is 26.2 Å². The molecule has 0 aliphatic carbocycles. The molecule has 8 nitrogen and oxygen atoms in total. The second-order valence-corrected chi connectivity index (χ2v) is 10.8. The molecule has 31 heavy (non-hydrogen) atoms. The maximum Gasteiger partial charge on any atom is 0.264 e. The third kappa shape index (κ3) is 4.78. The number of hydrogen-bond acceptors (Lipinski definition) is 7. The van der Waals surface area contributed by atoms with Gasteiger partial charge in [0.05, 0.1) is 37.6 Å². The Hall–Kier alpha value is -2.37. The Labute approximate surface area is 181 Å². The molecule has 0 bridgehead atoms. The van der Waals surface area contributed by atoms with Gasteiger partial charge >= 0.3 is 0 Å². The molecule has 2 heterocycles. The van der Waals surface area contributed by atoms with Crippen LogP contribution in [0.4, 0.5) is 0 Å². The molecule has 1 aromatic heterocycles. The summed E-state index contributed by atoms with van der Waals surface area (Å²) in [4.78, 5) is 4.32. The van der Waals surface area contributed by atoms with E-state index in [4.69, 9.17) is 8.92 Å². The van der Waals surface area contributed by atoms with Crippen LogP contribution >= 0.6 is 0 Å². The largest absolute Gasteiger partial charge is 0.375 e. The lowest BCUT2D eigenvalue weighted by atomic mass is 10.1. The SMILES string of the molecule is CS(=O)(=O)OCC1COCc2ccccc2CN1S(=O)(=O)c1cccc2cccnc12. The third-order valence-corrected chi connectivity index (χ3v) is 7.57. The number of nitrogens with zero attached hydrogens (tertiary/aromatic N) is 2. The monoisotopic (exact) mass is 462 g/mol. The zero-order valence-corrected chi connectivity index (χ0v) is 18.5. The lowest BCUT2D eigenvalue weighted by Crippen LogP contribution is -2.46. The van der Waals surface area contributed by atoms with Crippen molar-refractivity contribution < 1.29 is 25.8 Å². The van der Waals surface area contributed by atoms with Gasteiger partial charge in [-0.1, -0.05) is 42.5 Å². The Balaban J connectivity index is 1.82. The van der Waals surface area contributed by atoms with Gasteiger partial charge in [-0.3, -0.25) is 9.17 Å². The van der Waals surface area contributed by atoms with Crippen LogP contribution in [0.3, 0.4) is 0 Å². The van der Waals surface area contributed by atoms with Crippen LogP contribution in [0.5, 0.6) is 0 Å². The van der Waals surface area contributed by atoms with E-state index in [0.717, 1.165) is 17.4 Å². The van der Waals surface area contributed by atoms with Crippen molar-refractivity contribution in [1.29, 1.82) is 0 Å². The first-order valence-corrected chi connectivity index (χ1v) is 12.9. The summed E-state index contributed by atoms with van der Waals surface area (Å²) in [6.45, 7) is -0.00214. The topological polar surface area (TPSA) is 103 Å². The number of fused-ring (bicyclic) bond motifs is 2. The lowest BCUT2D eigenvalue weighted by Gasteiger charge is -2.33. The minimum Gasteiger partial charge on any atom is -0.375 e. The summed E-state index contributed by atoms with van der Waals surface area (Å²) in [5.41, 5.74) is 2.01. The van der Waals surface area contributed by atoms with Crippen molar-refractivity contribution in [2.75, 3.05) is 19.5 Å². The number of sulfonamides is 1. The maximum atomic E-state index is 13.8. The van der Waals surface area contributed by atoms with E-state index in [1.807, 2.05) is 24.3 Å². The summed E-state index contributed by atoms with van der Waals surface area (Å²) in [6.07, 6.45) is 2.47. The van der Waals surface area contributed by atoms with Crippen LogP contribution in [-0.2, 0) is 42.2 Å². The van der Waals surface area contributed by atoms with Crippen LogP contribution in [0.25, 0.3) is 10.9 Å². The molecular weight excluding hydrogens is 440 g/mol. The molecule has 10 heteroatoms. The van der Waals surface area contributed by atoms with E-state index in [0.29, 0.717) is 17.5 Å². The number of para-hydroxylation sites is 1. The standard InChI is InChI=1S/C21H22N2O6S2/c1-30(24,25)29-15-19-14-28-13-18-7-3-2-6-17(18)12-23(19)31(26,27)20-10-4-8-16-9-5-11-22-21(16)20/h2-11,19H,12-15H2,1H3. The summed E-state index contributed by atoms with van der Waals surface area (Å²) in [6, 6.07) is 15.0. The number of ether oxygens (including phenoxy) is 1. The minimum atomic E-state index is -4.07. The Bertz CT molecular complexity index is 1300. The van der Waals surface area contributed by atoms with E-state index in [1.165, 1.54) is 16.6 Å². The quantitative estimate of drug-likeness (QED) is 0.536. The van der Waals surface area contributed by atoms with Crippen LogP contribution < -0.4 is 0 Å². The molecule has 4 rings (SSSR count). The Kier molecular flexibility index (Phi) is 6.09. The lowest BCUT2D eigenvalue weighted by molar-refractivity contribution is 0.0497. The van der Waals surface area contributed by atoms with Gasteiger partial charge in [-0.25, -0.2) is 8.42 Å². The zero-order chi connectivity index (χ0) is 22.1. The van der Waals surface area contributed by atoms with Crippen LogP contribution in [-0.4, -0.2) is 51.6 Å². The molecule has 164 valence electrons. The molecular formula is C21H22N2O6S2. The molecule has 0 amide bonds. The molecule has 0 saturated heterocycles. The van der Waals surface area contributed by atoms with Gasteiger partial charge in [-0.15, -0.1) is 0 Å². The van der Waals surface area contributed by atoms with Crippen molar-refractivity contribution >= 4 is 31.0 Å². The summed E-state index contributed by atoms with van der Waals surface area (Å²) >= 11 is 0. The highest BCUT2D eigenvalue weighted by atomic mass is 32.2. The van der Waals surface area contributed by atoms with Gasteiger partial charge in [0.15, 0.2) is 0 Å². The summed E-state index contributed by atoms with van der Waals surface area (Å²) in [5.74, 6) is 0.